The van der Waals surface area contributed by atoms with E-state index in [9.17, 15) is 9.59 Å². The summed E-state index contributed by atoms with van der Waals surface area (Å²) in [5, 5.41) is 3.70. The molecule has 7 heteroatoms. The molecule has 0 unspecified atom stereocenters. The van der Waals surface area contributed by atoms with Crippen LogP contribution >= 0.6 is 11.8 Å². The van der Waals surface area contributed by atoms with Crippen molar-refractivity contribution in [2.24, 2.45) is 5.92 Å². The molecule has 1 aromatic rings. The molecule has 1 aromatic heterocycles. The van der Waals surface area contributed by atoms with E-state index in [0.29, 0.717) is 28.1 Å². The van der Waals surface area contributed by atoms with E-state index in [1.54, 1.807) is 6.92 Å². The lowest BCUT2D eigenvalue weighted by atomic mass is 9.86. The fourth-order valence-corrected chi connectivity index (χ4v) is 4.33. The van der Waals surface area contributed by atoms with Crippen LogP contribution in [0.4, 0.5) is 0 Å². The highest BCUT2D eigenvalue weighted by Crippen LogP contribution is 2.39. The molecule has 0 aliphatic heterocycles. The fraction of sp³-hybridized carbons (Fsp3) is 0.684. The van der Waals surface area contributed by atoms with E-state index >= 15 is 0 Å². The minimum atomic E-state index is -0.450. The number of ether oxygens (including phenoxy) is 1. The minimum absolute atomic E-state index is 0.00574. The predicted molar refractivity (Wildman–Crippen MR) is 100 cm³/mol. The second-order valence-electron chi connectivity index (χ2n) is 7.34. The van der Waals surface area contributed by atoms with E-state index in [1.165, 1.54) is 38.1 Å². The van der Waals surface area contributed by atoms with E-state index in [2.05, 4.69) is 22.2 Å². The predicted octanol–water partition coefficient (Wildman–Crippen LogP) is 3.24. The number of carbonyl (C=O) groups is 2. The van der Waals surface area contributed by atoms with Gasteiger partial charge >= 0.3 is 5.97 Å². The first-order valence-electron chi connectivity index (χ1n) is 9.38. The molecule has 0 bridgehead atoms. The lowest BCUT2D eigenvalue weighted by Crippen LogP contribution is -2.41. The maximum Gasteiger partial charge on any atom is 0.342 e. The second-order valence-corrected chi connectivity index (χ2v) is 8.30. The number of amides is 1. The summed E-state index contributed by atoms with van der Waals surface area (Å²) in [5.41, 5.74) is 0.998. The normalized spacial score (nSPS) is 22.7. The molecule has 1 amide bonds. The van der Waals surface area contributed by atoms with E-state index in [1.807, 2.05) is 0 Å². The zero-order chi connectivity index (χ0) is 18.7. The number of hydrogen-bond donors (Lipinski definition) is 1. The number of rotatable bonds is 6. The molecule has 0 spiro atoms. The summed E-state index contributed by atoms with van der Waals surface area (Å²) in [4.78, 5) is 33.6. The van der Waals surface area contributed by atoms with E-state index in [4.69, 9.17) is 4.74 Å². The van der Waals surface area contributed by atoms with Crippen LogP contribution in [0, 0.1) is 12.8 Å². The lowest BCUT2D eigenvalue weighted by molar-refractivity contribution is -0.119. The molecular formula is C19H27N3O3S. The molecule has 0 radical (unpaired) electrons. The van der Waals surface area contributed by atoms with Crippen molar-refractivity contribution in [3.8, 4) is 0 Å². The molecule has 2 saturated carbocycles. The van der Waals surface area contributed by atoms with Gasteiger partial charge in [0.2, 0.25) is 5.91 Å². The number of hydrogen-bond acceptors (Lipinski definition) is 6. The van der Waals surface area contributed by atoms with Crippen molar-refractivity contribution in [3.63, 3.8) is 0 Å². The smallest absolute Gasteiger partial charge is 0.342 e. The topological polar surface area (TPSA) is 81.2 Å². The largest absolute Gasteiger partial charge is 0.465 e. The van der Waals surface area contributed by atoms with Crippen LogP contribution < -0.4 is 5.32 Å². The molecule has 2 fully saturated rings. The van der Waals surface area contributed by atoms with Crippen molar-refractivity contribution in [2.45, 2.75) is 69.4 Å². The van der Waals surface area contributed by atoms with Gasteiger partial charge < -0.3 is 10.1 Å². The summed E-state index contributed by atoms with van der Waals surface area (Å²) in [5.74, 6) is 1.47. The maximum atomic E-state index is 12.4. The van der Waals surface area contributed by atoms with Crippen LogP contribution in [-0.2, 0) is 9.53 Å². The standard InChI is InChI=1S/C19H27N3O3S/c1-11-6-4-5-7-14(11)21-15(23)10-26-18-16(19(24)25-3)12(2)20-17(22-18)13-8-9-13/h11,13-14H,4-10H2,1-3H3,(H,21,23)/t11-,14+/m0/s1. The SMILES string of the molecule is COC(=O)c1c(C)nc(C2CC2)nc1SCC(=O)N[C@@H]1CCCC[C@@H]1C. The highest BCUT2D eigenvalue weighted by atomic mass is 32.2. The lowest BCUT2D eigenvalue weighted by Gasteiger charge is -2.29. The summed E-state index contributed by atoms with van der Waals surface area (Å²) in [6, 6.07) is 0.256. The van der Waals surface area contributed by atoms with Gasteiger partial charge in [0.1, 0.15) is 16.4 Å². The zero-order valence-electron chi connectivity index (χ0n) is 15.7. The number of carbonyl (C=O) groups excluding carboxylic acids is 2. The summed E-state index contributed by atoms with van der Waals surface area (Å²) in [6.45, 7) is 4.00. The Morgan fingerprint density at radius 1 is 1.19 bits per heavy atom. The summed E-state index contributed by atoms with van der Waals surface area (Å²) < 4.78 is 4.88. The number of esters is 1. The van der Waals surface area contributed by atoms with Gasteiger partial charge in [0.15, 0.2) is 0 Å². The number of nitrogens with one attached hydrogen (secondary N) is 1. The van der Waals surface area contributed by atoms with Crippen molar-refractivity contribution >= 4 is 23.6 Å². The molecule has 0 saturated heterocycles. The summed E-state index contributed by atoms with van der Waals surface area (Å²) in [7, 11) is 1.35. The number of aryl methyl sites for hydroxylation is 1. The Hall–Kier alpha value is -1.63. The second kappa shape index (κ2) is 8.37. The van der Waals surface area contributed by atoms with Crippen LogP contribution in [0.25, 0.3) is 0 Å². The van der Waals surface area contributed by atoms with Crippen LogP contribution in [0.5, 0.6) is 0 Å². The molecule has 2 aliphatic rings. The van der Waals surface area contributed by atoms with Gasteiger partial charge in [0.25, 0.3) is 0 Å². The highest BCUT2D eigenvalue weighted by molar-refractivity contribution is 8.00. The van der Waals surface area contributed by atoms with E-state index in [-0.39, 0.29) is 17.7 Å². The first kappa shape index (κ1) is 19.1. The molecule has 0 aromatic carbocycles. The zero-order valence-corrected chi connectivity index (χ0v) is 16.5. The van der Waals surface area contributed by atoms with Crippen molar-refractivity contribution in [3.05, 3.63) is 17.1 Å². The number of thioether (sulfide) groups is 1. The fourth-order valence-electron chi connectivity index (χ4n) is 3.45. The average molecular weight is 378 g/mol. The van der Waals surface area contributed by atoms with Crippen LogP contribution in [0.2, 0.25) is 0 Å². The van der Waals surface area contributed by atoms with Crippen LogP contribution in [0.15, 0.2) is 5.03 Å². The van der Waals surface area contributed by atoms with Gasteiger partial charge in [-0.25, -0.2) is 14.8 Å². The van der Waals surface area contributed by atoms with Gasteiger partial charge in [0.05, 0.1) is 18.6 Å². The molecule has 1 heterocycles. The third-order valence-electron chi connectivity index (χ3n) is 5.20. The van der Waals surface area contributed by atoms with Crippen molar-refractivity contribution in [1.29, 1.82) is 0 Å². The molecule has 142 valence electrons. The third-order valence-corrected chi connectivity index (χ3v) is 6.18. The Morgan fingerprint density at radius 2 is 1.92 bits per heavy atom. The van der Waals surface area contributed by atoms with E-state index in [0.717, 1.165) is 25.1 Å². The Bertz CT molecular complexity index is 691. The summed E-state index contributed by atoms with van der Waals surface area (Å²) >= 11 is 1.30. The van der Waals surface area contributed by atoms with Crippen molar-refractivity contribution in [1.82, 2.24) is 15.3 Å². The van der Waals surface area contributed by atoms with Crippen LogP contribution in [0.1, 0.15) is 73.2 Å². The van der Waals surface area contributed by atoms with Crippen LogP contribution in [0.3, 0.4) is 0 Å². The molecule has 6 nitrogen and oxygen atoms in total. The van der Waals surface area contributed by atoms with E-state index < -0.39 is 5.97 Å². The Balaban J connectivity index is 1.69. The quantitative estimate of drug-likeness (QED) is 0.466. The first-order chi connectivity index (χ1) is 12.5. The number of nitrogens with zero attached hydrogens (tertiary/aromatic N) is 2. The Morgan fingerprint density at radius 3 is 2.58 bits per heavy atom. The average Bonchev–Trinajstić information content (AvgIpc) is 3.46. The van der Waals surface area contributed by atoms with Gasteiger partial charge in [-0.1, -0.05) is 31.5 Å². The van der Waals surface area contributed by atoms with Gasteiger partial charge in [-0.15, -0.1) is 0 Å². The number of aromatic nitrogens is 2. The first-order valence-corrected chi connectivity index (χ1v) is 10.4. The maximum absolute atomic E-state index is 12.4. The molecule has 1 N–H and O–H groups in total. The Kier molecular flexibility index (Phi) is 6.16. The number of methoxy groups -OCH3 is 1. The third kappa shape index (κ3) is 4.55. The molecule has 2 aliphatic carbocycles. The van der Waals surface area contributed by atoms with Crippen molar-refractivity contribution < 1.29 is 14.3 Å². The van der Waals surface area contributed by atoms with Gasteiger partial charge in [0, 0.05) is 12.0 Å². The molecule has 3 rings (SSSR count). The molecule has 26 heavy (non-hydrogen) atoms. The van der Waals surface area contributed by atoms with Crippen LogP contribution in [-0.4, -0.2) is 40.7 Å². The minimum Gasteiger partial charge on any atom is -0.465 e. The Labute approximate surface area is 158 Å². The van der Waals surface area contributed by atoms with Gasteiger partial charge in [-0.2, -0.15) is 0 Å². The van der Waals surface area contributed by atoms with Gasteiger partial charge in [-0.05, 0) is 38.5 Å². The molecular weight excluding hydrogens is 350 g/mol. The highest BCUT2D eigenvalue weighted by Gasteiger charge is 2.30. The molecule has 2 atom stereocenters. The van der Waals surface area contributed by atoms with Gasteiger partial charge in [-0.3, -0.25) is 4.79 Å². The van der Waals surface area contributed by atoms with Crippen molar-refractivity contribution in [2.75, 3.05) is 12.9 Å². The summed E-state index contributed by atoms with van der Waals surface area (Å²) in [6.07, 6.45) is 6.80. The monoisotopic (exact) mass is 377 g/mol.